The van der Waals surface area contributed by atoms with Gasteiger partial charge in [-0.3, -0.25) is 9.59 Å². The van der Waals surface area contributed by atoms with E-state index in [2.05, 4.69) is 10.3 Å². The number of hydrogen-bond acceptors (Lipinski definition) is 2. The second-order valence-electron chi connectivity index (χ2n) is 4.49. The highest BCUT2D eigenvalue weighted by Crippen LogP contribution is 2.16. The van der Waals surface area contributed by atoms with Crippen LogP contribution in [0.3, 0.4) is 0 Å². The molecular formula is C15H16N2O2. The van der Waals surface area contributed by atoms with Gasteiger partial charge in [0.25, 0.3) is 5.91 Å². The molecule has 1 heterocycles. The zero-order valence-corrected chi connectivity index (χ0v) is 10.9. The first-order valence-electron chi connectivity index (χ1n) is 6.13. The van der Waals surface area contributed by atoms with E-state index in [0.717, 1.165) is 11.1 Å². The topological polar surface area (TPSA) is 62.0 Å². The van der Waals surface area contributed by atoms with Crippen LogP contribution in [-0.2, 0) is 0 Å². The van der Waals surface area contributed by atoms with Crippen LogP contribution in [0.5, 0.6) is 0 Å². The molecule has 0 saturated carbocycles. The van der Waals surface area contributed by atoms with Crippen molar-refractivity contribution in [1.82, 2.24) is 10.3 Å². The van der Waals surface area contributed by atoms with Crippen LogP contribution in [0.25, 0.3) is 0 Å². The van der Waals surface area contributed by atoms with Crippen molar-refractivity contribution in [3.8, 4) is 0 Å². The average molecular weight is 256 g/mol. The molecular weight excluding hydrogens is 240 g/mol. The fourth-order valence-corrected chi connectivity index (χ4v) is 1.98. The SMILES string of the molecule is Cc1ccccc1C(C)NC(=O)c1ccc(=O)[nH]c1. The third kappa shape index (κ3) is 3.10. The van der Waals surface area contributed by atoms with Gasteiger partial charge >= 0.3 is 0 Å². The van der Waals surface area contributed by atoms with E-state index in [1.807, 2.05) is 38.1 Å². The molecule has 0 fully saturated rings. The highest BCUT2D eigenvalue weighted by molar-refractivity contribution is 5.94. The van der Waals surface area contributed by atoms with Gasteiger partial charge in [-0.25, -0.2) is 0 Å². The van der Waals surface area contributed by atoms with Crippen molar-refractivity contribution < 1.29 is 4.79 Å². The number of nitrogens with one attached hydrogen (secondary N) is 2. The molecule has 1 atom stereocenters. The molecule has 1 aromatic carbocycles. The Morgan fingerprint density at radius 2 is 1.95 bits per heavy atom. The van der Waals surface area contributed by atoms with Gasteiger partial charge < -0.3 is 10.3 Å². The van der Waals surface area contributed by atoms with Crippen molar-refractivity contribution in [3.05, 3.63) is 69.6 Å². The van der Waals surface area contributed by atoms with Gasteiger partial charge in [0.2, 0.25) is 5.56 Å². The molecule has 2 rings (SSSR count). The quantitative estimate of drug-likeness (QED) is 0.884. The predicted molar refractivity (Wildman–Crippen MR) is 74.1 cm³/mol. The molecule has 0 bridgehead atoms. The van der Waals surface area contributed by atoms with Gasteiger partial charge in [0.1, 0.15) is 0 Å². The van der Waals surface area contributed by atoms with E-state index in [9.17, 15) is 9.59 Å². The molecule has 0 aliphatic heterocycles. The molecule has 0 radical (unpaired) electrons. The van der Waals surface area contributed by atoms with Gasteiger partial charge in [0.15, 0.2) is 0 Å². The van der Waals surface area contributed by atoms with Crippen molar-refractivity contribution in [1.29, 1.82) is 0 Å². The maximum atomic E-state index is 12.0. The van der Waals surface area contributed by atoms with Gasteiger partial charge in [0, 0.05) is 12.3 Å². The number of aromatic amines is 1. The molecule has 0 aliphatic rings. The number of carbonyl (C=O) groups excluding carboxylic acids is 1. The van der Waals surface area contributed by atoms with Crippen LogP contribution >= 0.6 is 0 Å². The van der Waals surface area contributed by atoms with Gasteiger partial charge in [-0.1, -0.05) is 24.3 Å². The average Bonchev–Trinajstić information content (AvgIpc) is 2.39. The van der Waals surface area contributed by atoms with Crippen molar-refractivity contribution >= 4 is 5.91 Å². The van der Waals surface area contributed by atoms with E-state index < -0.39 is 0 Å². The largest absolute Gasteiger partial charge is 0.345 e. The van der Waals surface area contributed by atoms with Crippen molar-refractivity contribution in [2.24, 2.45) is 0 Å². The maximum absolute atomic E-state index is 12.0. The smallest absolute Gasteiger partial charge is 0.253 e. The highest BCUT2D eigenvalue weighted by atomic mass is 16.2. The lowest BCUT2D eigenvalue weighted by Crippen LogP contribution is -2.27. The molecule has 4 nitrogen and oxygen atoms in total. The summed E-state index contributed by atoms with van der Waals surface area (Å²) in [6, 6.07) is 10.7. The van der Waals surface area contributed by atoms with Crippen molar-refractivity contribution in [2.45, 2.75) is 19.9 Å². The lowest BCUT2D eigenvalue weighted by atomic mass is 10.0. The third-order valence-electron chi connectivity index (χ3n) is 3.05. The Kier molecular flexibility index (Phi) is 3.80. The number of H-pyrrole nitrogens is 1. The van der Waals surface area contributed by atoms with Crippen LogP contribution < -0.4 is 10.9 Å². The number of hydrogen-bond donors (Lipinski definition) is 2. The summed E-state index contributed by atoms with van der Waals surface area (Å²) >= 11 is 0. The second-order valence-corrected chi connectivity index (χ2v) is 4.49. The fraction of sp³-hybridized carbons (Fsp3) is 0.200. The zero-order valence-electron chi connectivity index (χ0n) is 10.9. The normalized spacial score (nSPS) is 11.9. The van der Waals surface area contributed by atoms with Crippen LogP contribution in [0, 0.1) is 6.92 Å². The number of pyridine rings is 1. The van der Waals surface area contributed by atoms with Gasteiger partial charge in [-0.15, -0.1) is 0 Å². The Balaban J connectivity index is 2.13. The summed E-state index contributed by atoms with van der Waals surface area (Å²) in [4.78, 5) is 25.5. The number of rotatable bonds is 3. The Morgan fingerprint density at radius 3 is 2.58 bits per heavy atom. The van der Waals surface area contributed by atoms with E-state index in [1.54, 1.807) is 0 Å². The van der Waals surface area contributed by atoms with E-state index in [1.165, 1.54) is 18.3 Å². The van der Waals surface area contributed by atoms with Crippen LogP contribution in [0.2, 0.25) is 0 Å². The molecule has 2 N–H and O–H groups in total. The molecule has 0 saturated heterocycles. The summed E-state index contributed by atoms with van der Waals surface area (Å²) in [5, 5.41) is 2.91. The number of aryl methyl sites for hydroxylation is 1. The van der Waals surface area contributed by atoms with Crippen LogP contribution in [-0.4, -0.2) is 10.9 Å². The fourth-order valence-electron chi connectivity index (χ4n) is 1.98. The minimum Gasteiger partial charge on any atom is -0.345 e. The molecule has 19 heavy (non-hydrogen) atoms. The predicted octanol–water partition coefficient (Wildman–Crippen LogP) is 2.17. The summed E-state index contributed by atoms with van der Waals surface area (Å²) < 4.78 is 0. The van der Waals surface area contributed by atoms with Crippen LogP contribution in [0.1, 0.15) is 34.5 Å². The Labute approximate surface area is 111 Å². The minimum atomic E-state index is -0.219. The molecule has 98 valence electrons. The molecule has 0 aliphatic carbocycles. The summed E-state index contributed by atoms with van der Waals surface area (Å²) in [6.07, 6.45) is 1.42. The molecule has 2 aromatic rings. The monoisotopic (exact) mass is 256 g/mol. The Hall–Kier alpha value is -2.36. The summed E-state index contributed by atoms with van der Waals surface area (Å²) in [5.74, 6) is -0.202. The number of carbonyl (C=O) groups is 1. The summed E-state index contributed by atoms with van der Waals surface area (Å²) in [5.41, 5.74) is 2.44. The van der Waals surface area contributed by atoms with Crippen LogP contribution in [0.4, 0.5) is 0 Å². The number of aromatic nitrogens is 1. The van der Waals surface area contributed by atoms with Gasteiger partial charge in [-0.2, -0.15) is 0 Å². The van der Waals surface area contributed by atoms with E-state index >= 15 is 0 Å². The van der Waals surface area contributed by atoms with E-state index in [4.69, 9.17) is 0 Å². The molecule has 0 spiro atoms. The molecule has 4 heteroatoms. The maximum Gasteiger partial charge on any atom is 0.253 e. The minimum absolute atomic E-state index is 0.0828. The number of amides is 1. The van der Waals surface area contributed by atoms with Crippen LogP contribution in [0.15, 0.2) is 47.4 Å². The molecule has 1 amide bonds. The first kappa shape index (κ1) is 13.1. The molecule has 1 unspecified atom stereocenters. The van der Waals surface area contributed by atoms with E-state index in [-0.39, 0.29) is 17.5 Å². The number of benzene rings is 1. The summed E-state index contributed by atoms with van der Waals surface area (Å²) in [7, 11) is 0. The Morgan fingerprint density at radius 1 is 1.21 bits per heavy atom. The summed E-state index contributed by atoms with van der Waals surface area (Å²) in [6.45, 7) is 3.95. The van der Waals surface area contributed by atoms with Gasteiger partial charge in [0.05, 0.1) is 11.6 Å². The molecule has 1 aromatic heterocycles. The zero-order chi connectivity index (χ0) is 13.8. The van der Waals surface area contributed by atoms with E-state index in [0.29, 0.717) is 5.56 Å². The third-order valence-corrected chi connectivity index (χ3v) is 3.05. The van der Waals surface area contributed by atoms with Crippen molar-refractivity contribution in [2.75, 3.05) is 0 Å². The highest BCUT2D eigenvalue weighted by Gasteiger charge is 2.12. The van der Waals surface area contributed by atoms with Crippen molar-refractivity contribution in [3.63, 3.8) is 0 Å². The standard InChI is InChI=1S/C15H16N2O2/c1-10-5-3-4-6-13(10)11(2)17-15(19)12-7-8-14(18)16-9-12/h3-9,11H,1-2H3,(H,16,18)(H,17,19). The Bertz CT molecular complexity index is 626. The lowest BCUT2D eigenvalue weighted by molar-refractivity contribution is 0.0939. The first-order chi connectivity index (χ1) is 9.08. The second kappa shape index (κ2) is 5.52. The lowest BCUT2D eigenvalue weighted by Gasteiger charge is -2.16. The van der Waals surface area contributed by atoms with Gasteiger partial charge in [-0.05, 0) is 31.0 Å². The first-order valence-corrected chi connectivity index (χ1v) is 6.13.